The summed E-state index contributed by atoms with van der Waals surface area (Å²) in [5.74, 6) is 0.329. The SMILES string of the molecule is COc1ccc(C(=O)N2c3cc(CNS(=O)(=O)c4ccc(NC(C)=O)cc4)ccc3CC2C)cc1. The number of carbonyl (C=O) groups is 2. The van der Waals surface area contributed by atoms with Crippen molar-refractivity contribution < 1.29 is 22.7 Å². The van der Waals surface area contributed by atoms with Crippen molar-refractivity contribution in [2.24, 2.45) is 0 Å². The third-order valence-corrected chi connectivity index (χ3v) is 7.29. The van der Waals surface area contributed by atoms with E-state index in [1.54, 1.807) is 36.3 Å². The van der Waals surface area contributed by atoms with E-state index in [1.165, 1.54) is 31.2 Å². The maximum Gasteiger partial charge on any atom is 0.258 e. The van der Waals surface area contributed by atoms with Gasteiger partial charge in [0.05, 0.1) is 12.0 Å². The van der Waals surface area contributed by atoms with Crippen molar-refractivity contribution >= 4 is 33.2 Å². The second-order valence-electron chi connectivity index (χ2n) is 8.45. The number of sulfonamides is 1. The van der Waals surface area contributed by atoms with E-state index in [2.05, 4.69) is 10.0 Å². The van der Waals surface area contributed by atoms with Gasteiger partial charge < -0.3 is 15.0 Å². The van der Waals surface area contributed by atoms with Crippen molar-refractivity contribution in [3.05, 3.63) is 83.4 Å². The largest absolute Gasteiger partial charge is 0.497 e. The minimum Gasteiger partial charge on any atom is -0.497 e. The van der Waals surface area contributed by atoms with E-state index in [0.717, 1.165) is 23.2 Å². The highest BCUT2D eigenvalue weighted by atomic mass is 32.2. The maximum absolute atomic E-state index is 13.3. The van der Waals surface area contributed by atoms with Gasteiger partial charge in [-0.25, -0.2) is 13.1 Å². The Morgan fingerprint density at radius 2 is 1.71 bits per heavy atom. The topological polar surface area (TPSA) is 105 Å². The predicted octanol–water partition coefficient (Wildman–Crippen LogP) is 3.72. The molecule has 0 spiro atoms. The second-order valence-corrected chi connectivity index (χ2v) is 10.2. The fourth-order valence-electron chi connectivity index (χ4n) is 4.13. The van der Waals surface area contributed by atoms with Crippen molar-refractivity contribution in [1.82, 2.24) is 4.72 Å². The van der Waals surface area contributed by atoms with Gasteiger partial charge in [0.1, 0.15) is 5.75 Å². The van der Waals surface area contributed by atoms with Gasteiger partial charge in [-0.15, -0.1) is 0 Å². The van der Waals surface area contributed by atoms with Gasteiger partial charge in [-0.2, -0.15) is 0 Å². The van der Waals surface area contributed by atoms with Gasteiger partial charge >= 0.3 is 0 Å². The number of hydrogen-bond donors (Lipinski definition) is 2. The van der Waals surface area contributed by atoms with Crippen molar-refractivity contribution in [3.63, 3.8) is 0 Å². The number of fused-ring (bicyclic) bond motifs is 1. The molecule has 0 fully saturated rings. The first-order valence-electron chi connectivity index (χ1n) is 11.1. The molecule has 3 aromatic rings. The Labute approximate surface area is 205 Å². The zero-order chi connectivity index (χ0) is 25.2. The normalized spacial score (nSPS) is 14.9. The van der Waals surface area contributed by atoms with E-state index in [9.17, 15) is 18.0 Å². The van der Waals surface area contributed by atoms with Gasteiger partial charge in [0.15, 0.2) is 0 Å². The molecule has 0 saturated heterocycles. The molecule has 0 aliphatic carbocycles. The van der Waals surface area contributed by atoms with Crippen LogP contribution in [0.5, 0.6) is 5.75 Å². The van der Waals surface area contributed by atoms with Crippen molar-refractivity contribution in [1.29, 1.82) is 0 Å². The molecule has 0 bridgehead atoms. The molecule has 2 N–H and O–H groups in total. The number of carbonyl (C=O) groups excluding carboxylic acids is 2. The Kier molecular flexibility index (Phi) is 6.90. The molecule has 182 valence electrons. The predicted molar refractivity (Wildman–Crippen MR) is 134 cm³/mol. The van der Waals surface area contributed by atoms with Crippen LogP contribution in [0.1, 0.15) is 35.3 Å². The highest BCUT2D eigenvalue weighted by Crippen LogP contribution is 2.34. The summed E-state index contributed by atoms with van der Waals surface area (Å²) in [7, 11) is -2.19. The molecule has 1 atom stereocenters. The summed E-state index contributed by atoms with van der Waals surface area (Å²) in [4.78, 5) is 26.3. The first kappa shape index (κ1) is 24.4. The third-order valence-electron chi connectivity index (χ3n) is 5.87. The highest BCUT2D eigenvalue weighted by molar-refractivity contribution is 7.89. The molecular weight excluding hydrogens is 466 g/mol. The average Bonchev–Trinajstić information content (AvgIpc) is 3.17. The Hall–Kier alpha value is -3.69. The van der Waals surface area contributed by atoms with E-state index in [4.69, 9.17) is 4.74 Å². The monoisotopic (exact) mass is 493 g/mol. The zero-order valence-electron chi connectivity index (χ0n) is 19.7. The summed E-state index contributed by atoms with van der Waals surface area (Å²) >= 11 is 0. The summed E-state index contributed by atoms with van der Waals surface area (Å²) < 4.78 is 33.3. The highest BCUT2D eigenvalue weighted by Gasteiger charge is 2.31. The second kappa shape index (κ2) is 9.89. The Morgan fingerprint density at radius 1 is 1.03 bits per heavy atom. The Balaban J connectivity index is 1.50. The standard InChI is InChI=1S/C26H27N3O5S/c1-17-14-21-5-4-19(15-25(21)29(17)26(31)20-6-10-23(34-3)11-7-20)16-27-35(32,33)24-12-8-22(9-13-24)28-18(2)30/h4-13,15,17,27H,14,16H2,1-3H3,(H,28,30). The number of anilines is 2. The van der Waals surface area contributed by atoms with Gasteiger partial charge in [0.2, 0.25) is 15.9 Å². The summed E-state index contributed by atoms with van der Waals surface area (Å²) in [6.45, 7) is 3.45. The van der Waals surface area contributed by atoms with Crippen LogP contribution in [0, 0.1) is 0 Å². The van der Waals surface area contributed by atoms with Crippen LogP contribution in [0.25, 0.3) is 0 Å². The van der Waals surface area contributed by atoms with Crippen LogP contribution in [0.4, 0.5) is 11.4 Å². The van der Waals surface area contributed by atoms with Gasteiger partial charge in [0, 0.05) is 36.4 Å². The van der Waals surface area contributed by atoms with E-state index in [-0.39, 0.29) is 29.3 Å². The fourth-order valence-corrected chi connectivity index (χ4v) is 5.15. The van der Waals surface area contributed by atoms with Crippen LogP contribution in [-0.2, 0) is 27.8 Å². The lowest BCUT2D eigenvalue weighted by molar-refractivity contribution is -0.114. The van der Waals surface area contributed by atoms with Crippen LogP contribution in [0.15, 0.2) is 71.6 Å². The lowest BCUT2D eigenvalue weighted by atomic mass is 10.1. The molecule has 1 heterocycles. The molecule has 2 amide bonds. The molecule has 3 aromatic carbocycles. The van der Waals surface area contributed by atoms with Crippen LogP contribution in [-0.4, -0.2) is 33.4 Å². The minimum atomic E-state index is -3.76. The molecule has 8 nitrogen and oxygen atoms in total. The van der Waals surface area contributed by atoms with Gasteiger partial charge in [-0.1, -0.05) is 12.1 Å². The number of methoxy groups -OCH3 is 1. The minimum absolute atomic E-state index is 0.0198. The molecular formula is C26H27N3O5S. The maximum atomic E-state index is 13.3. The van der Waals surface area contributed by atoms with Crippen LogP contribution in [0.3, 0.4) is 0 Å². The number of nitrogens with one attached hydrogen (secondary N) is 2. The summed E-state index contributed by atoms with van der Waals surface area (Å²) in [5.41, 5.74) is 3.64. The average molecular weight is 494 g/mol. The molecule has 0 radical (unpaired) electrons. The van der Waals surface area contributed by atoms with Crippen LogP contribution in [0.2, 0.25) is 0 Å². The number of benzene rings is 3. The molecule has 35 heavy (non-hydrogen) atoms. The van der Waals surface area contributed by atoms with Crippen LogP contribution < -0.4 is 19.7 Å². The van der Waals surface area contributed by atoms with Gasteiger partial charge in [-0.05, 0) is 79.1 Å². The zero-order valence-corrected chi connectivity index (χ0v) is 20.6. The summed E-state index contributed by atoms with van der Waals surface area (Å²) in [6.07, 6.45) is 0.726. The number of rotatable bonds is 7. The molecule has 1 unspecified atom stereocenters. The summed E-state index contributed by atoms with van der Waals surface area (Å²) in [6, 6.07) is 18.6. The number of ether oxygens (including phenoxy) is 1. The molecule has 0 saturated carbocycles. The van der Waals surface area contributed by atoms with E-state index < -0.39 is 10.0 Å². The van der Waals surface area contributed by atoms with E-state index in [1.807, 2.05) is 25.1 Å². The Morgan fingerprint density at radius 3 is 2.34 bits per heavy atom. The molecule has 1 aliphatic rings. The number of amides is 2. The van der Waals surface area contributed by atoms with Gasteiger partial charge in [0.25, 0.3) is 5.91 Å². The quantitative estimate of drug-likeness (QED) is 0.522. The number of hydrogen-bond acceptors (Lipinski definition) is 5. The van der Waals surface area contributed by atoms with E-state index >= 15 is 0 Å². The van der Waals surface area contributed by atoms with Crippen molar-refractivity contribution in [3.8, 4) is 5.75 Å². The first-order chi connectivity index (χ1) is 16.7. The number of nitrogens with zero attached hydrogens (tertiary/aromatic N) is 1. The smallest absolute Gasteiger partial charge is 0.258 e. The van der Waals surface area contributed by atoms with Gasteiger partial charge in [-0.3, -0.25) is 9.59 Å². The molecule has 1 aliphatic heterocycles. The molecule has 4 rings (SSSR count). The van der Waals surface area contributed by atoms with Crippen molar-refractivity contribution in [2.45, 2.75) is 37.8 Å². The summed E-state index contributed by atoms with van der Waals surface area (Å²) in [5, 5.41) is 2.61. The molecule has 0 aromatic heterocycles. The van der Waals surface area contributed by atoms with E-state index in [0.29, 0.717) is 17.0 Å². The third kappa shape index (κ3) is 5.36. The lowest BCUT2D eigenvalue weighted by Gasteiger charge is -2.23. The van der Waals surface area contributed by atoms with Crippen molar-refractivity contribution in [2.75, 3.05) is 17.3 Å². The first-order valence-corrected chi connectivity index (χ1v) is 12.6. The molecule has 9 heteroatoms. The Bertz CT molecular complexity index is 1350. The fraction of sp³-hybridized carbons (Fsp3) is 0.231. The lowest BCUT2D eigenvalue weighted by Crippen LogP contribution is -2.35. The van der Waals surface area contributed by atoms with Crippen LogP contribution >= 0.6 is 0 Å².